The van der Waals surface area contributed by atoms with Gasteiger partial charge in [0.05, 0.1) is 11.0 Å². The maximum Gasteiger partial charge on any atom is 0.225 e. The molecule has 3 unspecified atom stereocenters. The van der Waals surface area contributed by atoms with E-state index >= 15 is 0 Å². The lowest BCUT2D eigenvalue weighted by Gasteiger charge is -2.20. The average molecular weight is 402 g/mol. The smallest absolute Gasteiger partial charge is 0.225 e. The van der Waals surface area contributed by atoms with Crippen LogP contribution in [0.3, 0.4) is 0 Å². The summed E-state index contributed by atoms with van der Waals surface area (Å²) < 4.78 is 2.70. The predicted octanol–water partition coefficient (Wildman–Crippen LogP) is 4.77. The molecule has 2 aliphatic rings. The van der Waals surface area contributed by atoms with E-state index in [0.717, 1.165) is 16.3 Å². The van der Waals surface area contributed by atoms with Crippen LogP contribution in [0.4, 0.5) is 5.82 Å². The molecule has 25 heavy (non-hydrogen) atoms. The Kier molecular flexibility index (Phi) is 4.67. The number of aryl methyl sites for hydroxylation is 1. The van der Waals surface area contributed by atoms with E-state index in [0.29, 0.717) is 24.7 Å². The minimum Gasteiger partial charge on any atom is -0.308 e. The summed E-state index contributed by atoms with van der Waals surface area (Å²) in [7, 11) is 0. The Balaban J connectivity index is 1.36. The maximum atomic E-state index is 12.4. The van der Waals surface area contributed by atoms with Crippen LogP contribution in [0.2, 0.25) is 0 Å². The first-order valence-electron chi connectivity index (χ1n) is 9.15. The number of aromatic nitrogens is 2. The van der Waals surface area contributed by atoms with Gasteiger partial charge in [-0.2, -0.15) is 5.10 Å². The molecular formula is C20H24BrN3O. The Bertz CT molecular complexity index is 768. The van der Waals surface area contributed by atoms with Crippen molar-refractivity contribution in [3.05, 3.63) is 46.1 Å². The summed E-state index contributed by atoms with van der Waals surface area (Å²) in [6, 6.07) is 8.42. The third kappa shape index (κ3) is 3.81. The van der Waals surface area contributed by atoms with Crippen molar-refractivity contribution in [1.82, 2.24) is 9.78 Å². The molecule has 2 fully saturated rings. The topological polar surface area (TPSA) is 46.9 Å². The van der Waals surface area contributed by atoms with E-state index in [1.807, 2.05) is 10.9 Å². The monoisotopic (exact) mass is 401 g/mol. The normalized spacial score (nSPS) is 24.6. The van der Waals surface area contributed by atoms with E-state index in [1.165, 1.54) is 36.8 Å². The largest absolute Gasteiger partial charge is 0.308 e. The molecule has 3 atom stereocenters. The van der Waals surface area contributed by atoms with Gasteiger partial charge >= 0.3 is 0 Å². The van der Waals surface area contributed by atoms with Gasteiger partial charge in [-0.25, -0.2) is 0 Å². The molecule has 2 aromatic rings. The van der Waals surface area contributed by atoms with Crippen LogP contribution < -0.4 is 5.32 Å². The predicted molar refractivity (Wildman–Crippen MR) is 102 cm³/mol. The number of benzene rings is 1. The Labute approximate surface area is 157 Å². The molecule has 1 N–H and O–H groups in total. The lowest BCUT2D eigenvalue weighted by molar-refractivity contribution is -0.117. The number of hydrogen-bond acceptors (Lipinski definition) is 2. The number of fused-ring (bicyclic) bond motifs is 2. The molecule has 1 aromatic carbocycles. The molecule has 0 spiro atoms. The number of rotatable bonds is 5. The molecule has 4 nitrogen and oxygen atoms in total. The van der Waals surface area contributed by atoms with Crippen molar-refractivity contribution in [3.63, 3.8) is 0 Å². The van der Waals surface area contributed by atoms with Crippen LogP contribution in [0.5, 0.6) is 0 Å². The lowest BCUT2D eigenvalue weighted by Crippen LogP contribution is -2.20. The molecule has 0 aliphatic heterocycles. The van der Waals surface area contributed by atoms with Crippen LogP contribution in [-0.4, -0.2) is 15.7 Å². The first-order chi connectivity index (χ1) is 12.1. The fourth-order valence-corrected chi connectivity index (χ4v) is 4.91. The summed E-state index contributed by atoms with van der Waals surface area (Å²) in [6.45, 7) is 2.78. The van der Waals surface area contributed by atoms with Gasteiger partial charge in [0, 0.05) is 12.6 Å². The number of carbonyl (C=O) groups is 1. The van der Waals surface area contributed by atoms with Crippen LogP contribution in [0.15, 0.2) is 34.9 Å². The van der Waals surface area contributed by atoms with Crippen LogP contribution in [0.1, 0.15) is 43.2 Å². The van der Waals surface area contributed by atoms with Crippen molar-refractivity contribution in [3.8, 4) is 0 Å². The van der Waals surface area contributed by atoms with Gasteiger partial charge in [0.1, 0.15) is 0 Å². The van der Waals surface area contributed by atoms with Crippen LogP contribution in [0, 0.1) is 24.7 Å². The van der Waals surface area contributed by atoms with Gasteiger partial charge in [-0.1, -0.05) is 36.2 Å². The second-order valence-electron chi connectivity index (χ2n) is 7.70. The van der Waals surface area contributed by atoms with Crippen molar-refractivity contribution in [2.24, 2.45) is 17.8 Å². The van der Waals surface area contributed by atoms with Gasteiger partial charge in [0.25, 0.3) is 0 Å². The van der Waals surface area contributed by atoms with Gasteiger partial charge < -0.3 is 5.32 Å². The minimum atomic E-state index is 0.0961. The molecule has 4 rings (SSSR count). The number of nitrogens with one attached hydrogen (secondary N) is 1. The third-order valence-electron chi connectivity index (χ3n) is 5.77. The number of anilines is 1. The fraction of sp³-hybridized carbons (Fsp3) is 0.500. The summed E-state index contributed by atoms with van der Waals surface area (Å²) in [4.78, 5) is 12.4. The van der Waals surface area contributed by atoms with E-state index in [9.17, 15) is 4.79 Å². The first kappa shape index (κ1) is 16.8. The van der Waals surface area contributed by atoms with E-state index in [-0.39, 0.29) is 5.91 Å². The number of halogens is 1. The zero-order valence-electron chi connectivity index (χ0n) is 14.5. The van der Waals surface area contributed by atoms with Gasteiger partial charge in [0.2, 0.25) is 5.91 Å². The fourth-order valence-electron chi connectivity index (χ4n) is 4.49. The molecule has 1 amide bonds. The Hall–Kier alpha value is -1.62. The molecule has 0 saturated heterocycles. The van der Waals surface area contributed by atoms with E-state index < -0.39 is 0 Å². The standard InChI is InChI=1S/C20H24BrN3O/c1-13-2-4-14(5-3-13)11-24-12-18(21)20(23-24)22-19(25)10-17-9-15-6-7-16(17)8-15/h2-5,12,15-17H,6-11H2,1H3,(H,22,23,25). The molecule has 132 valence electrons. The van der Waals surface area contributed by atoms with Crippen molar-refractivity contribution < 1.29 is 4.79 Å². The highest BCUT2D eigenvalue weighted by Gasteiger charge is 2.40. The average Bonchev–Trinajstić information content (AvgIpc) is 3.26. The van der Waals surface area contributed by atoms with Crippen LogP contribution in [0.25, 0.3) is 0 Å². The first-order valence-corrected chi connectivity index (χ1v) is 9.94. The minimum absolute atomic E-state index is 0.0961. The number of nitrogens with zero attached hydrogens (tertiary/aromatic N) is 2. The molecular weight excluding hydrogens is 378 g/mol. The lowest BCUT2D eigenvalue weighted by atomic mass is 9.86. The zero-order chi connectivity index (χ0) is 17.4. The quantitative estimate of drug-likeness (QED) is 0.784. The van der Waals surface area contributed by atoms with Gasteiger partial charge in [-0.05, 0) is 65.4 Å². The summed E-state index contributed by atoms with van der Waals surface area (Å²) >= 11 is 3.52. The Morgan fingerprint density at radius 3 is 2.76 bits per heavy atom. The SMILES string of the molecule is Cc1ccc(Cn2cc(Br)c(NC(=O)CC3CC4CCC3C4)n2)cc1. The molecule has 2 saturated carbocycles. The van der Waals surface area contributed by atoms with Crippen LogP contribution in [-0.2, 0) is 11.3 Å². The second-order valence-corrected chi connectivity index (χ2v) is 8.55. The summed E-state index contributed by atoms with van der Waals surface area (Å²) in [5, 5.41) is 7.52. The number of amides is 1. The Morgan fingerprint density at radius 1 is 1.28 bits per heavy atom. The summed E-state index contributed by atoms with van der Waals surface area (Å²) in [5.74, 6) is 2.95. The van der Waals surface area contributed by atoms with E-state index in [1.54, 1.807) is 0 Å². The highest BCUT2D eigenvalue weighted by atomic mass is 79.9. The zero-order valence-corrected chi connectivity index (χ0v) is 16.1. The molecule has 1 heterocycles. The van der Waals surface area contributed by atoms with E-state index in [2.05, 4.69) is 57.5 Å². The van der Waals surface area contributed by atoms with Crippen molar-refractivity contribution in [2.75, 3.05) is 5.32 Å². The maximum absolute atomic E-state index is 12.4. The van der Waals surface area contributed by atoms with Gasteiger partial charge in [-0.15, -0.1) is 0 Å². The third-order valence-corrected chi connectivity index (χ3v) is 6.35. The molecule has 1 aromatic heterocycles. The molecule has 2 bridgehead atoms. The molecule has 0 radical (unpaired) electrons. The van der Waals surface area contributed by atoms with E-state index in [4.69, 9.17) is 0 Å². The highest BCUT2D eigenvalue weighted by molar-refractivity contribution is 9.10. The molecule has 5 heteroatoms. The van der Waals surface area contributed by atoms with Gasteiger partial charge in [-0.3, -0.25) is 9.48 Å². The van der Waals surface area contributed by atoms with Crippen molar-refractivity contribution in [1.29, 1.82) is 0 Å². The van der Waals surface area contributed by atoms with Crippen LogP contribution >= 0.6 is 15.9 Å². The van der Waals surface area contributed by atoms with Crippen molar-refractivity contribution >= 4 is 27.7 Å². The second kappa shape index (κ2) is 6.94. The molecule has 2 aliphatic carbocycles. The summed E-state index contributed by atoms with van der Waals surface area (Å²) in [5.41, 5.74) is 2.44. The van der Waals surface area contributed by atoms with Crippen molar-refractivity contribution in [2.45, 2.75) is 45.6 Å². The number of hydrogen-bond donors (Lipinski definition) is 1. The summed E-state index contributed by atoms with van der Waals surface area (Å²) in [6.07, 6.45) is 7.83. The highest BCUT2D eigenvalue weighted by Crippen LogP contribution is 2.49. The number of carbonyl (C=O) groups excluding carboxylic acids is 1. The Morgan fingerprint density at radius 2 is 2.08 bits per heavy atom. The van der Waals surface area contributed by atoms with Gasteiger partial charge in [0.15, 0.2) is 5.82 Å².